The number of aromatic nitrogens is 2. The Hall–Kier alpha value is -2.15. The maximum atomic E-state index is 13.3. The number of rotatable bonds is 5. The Morgan fingerprint density at radius 2 is 1.96 bits per heavy atom. The van der Waals surface area contributed by atoms with Crippen LogP contribution in [0.15, 0.2) is 24.5 Å². The molecule has 7 heteroatoms. The molecular formula is C19H23F2N3O2. The first-order valence-electron chi connectivity index (χ1n) is 8.84. The van der Waals surface area contributed by atoms with Crippen LogP contribution in [0.5, 0.6) is 0 Å². The fraction of sp³-hybridized carbons (Fsp3) is 0.526. The molecule has 0 amide bonds. The maximum absolute atomic E-state index is 13.3. The lowest BCUT2D eigenvalue weighted by molar-refractivity contribution is -0.127. The minimum atomic E-state index is -2.61. The standard InChI is InChI=1S/C19H23F2N3O2/c1-11-7-13(8-16(26)12(2)25)10-24(9-11)15-4-3-14(19(20)21)17-18(15)23-6-5-22-17/h3-6,11-13,19,25H,7-10H2,1-2H3/t11-,12?,13-/m0/s1. The van der Waals surface area contributed by atoms with E-state index in [0.29, 0.717) is 24.4 Å². The van der Waals surface area contributed by atoms with Gasteiger partial charge in [0.25, 0.3) is 6.43 Å². The molecule has 5 nitrogen and oxygen atoms in total. The molecule has 1 saturated heterocycles. The van der Waals surface area contributed by atoms with Crippen molar-refractivity contribution >= 4 is 22.5 Å². The second-order valence-electron chi connectivity index (χ2n) is 7.19. The molecule has 0 saturated carbocycles. The Morgan fingerprint density at radius 1 is 1.27 bits per heavy atom. The van der Waals surface area contributed by atoms with Gasteiger partial charge in [-0.2, -0.15) is 0 Å². The van der Waals surface area contributed by atoms with E-state index in [2.05, 4.69) is 21.8 Å². The number of benzene rings is 1. The summed E-state index contributed by atoms with van der Waals surface area (Å²) in [6.45, 7) is 4.98. The number of Topliss-reactive ketones (excluding diaryl/α,β-unsaturated/α-hetero) is 1. The smallest absolute Gasteiger partial charge is 0.266 e. The van der Waals surface area contributed by atoms with Gasteiger partial charge in [0.15, 0.2) is 5.78 Å². The Kier molecular flexibility index (Phi) is 5.46. The van der Waals surface area contributed by atoms with Crippen molar-refractivity contribution in [3.05, 3.63) is 30.1 Å². The van der Waals surface area contributed by atoms with Gasteiger partial charge in [-0.05, 0) is 37.3 Å². The number of ketones is 1. The minimum Gasteiger partial charge on any atom is -0.386 e. The minimum absolute atomic E-state index is 0.113. The molecule has 1 unspecified atom stereocenters. The molecule has 0 aliphatic carbocycles. The van der Waals surface area contributed by atoms with E-state index in [1.54, 1.807) is 6.07 Å². The molecule has 1 aliphatic heterocycles. The van der Waals surface area contributed by atoms with E-state index in [9.17, 15) is 18.7 Å². The zero-order chi connectivity index (χ0) is 18.8. The van der Waals surface area contributed by atoms with E-state index in [0.717, 1.165) is 18.7 Å². The molecule has 3 rings (SSSR count). The van der Waals surface area contributed by atoms with Crippen molar-refractivity contribution in [1.82, 2.24) is 9.97 Å². The molecule has 1 aromatic carbocycles. The zero-order valence-corrected chi connectivity index (χ0v) is 14.9. The zero-order valence-electron chi connectivity index (χ0n) is 14.9. The van der Waals surface area contributed by atoms with Gasteiger partial charge in [0.05, 0.1) is 11.2 Å². The van der Waals surface area contributed by atoms with Crippen LogP contribution in [0.4, 0.5) is 14.5 Å². The van der Waals surface area contributed by atoms with Crippen LogP contribution in [-0.2, 0) is 4.79 Å². The molecular weight excluding hydrogens is 340 g/mol. The van der Waals surface area contributed by atoms with Crippen LogP contribution in [-0.4, -0.2) is 40.1 Å². The number of anilines is 1. The fourth-order valence-electron chi connectivity index (χ4n) is 3.77. The summed E-state index contributed by atoms with van der Waals surface area (Å²) in [5.74, 6) is 0.293. The van der Waals surface area contributed by atoms with Crippen molar-refractivity contribution in [3.8, 4) is 0 Å². The van der Waals surface area contributed by atoms with Gasteiger partial charge in [-0.1, -0.05) is 6.92 Å². The van der Waals surface area contributed by atoms with Gasteiger partial charge in [0, 0.05) is 37.5 Å². The molecule has 2 heterocycles. The number of aliphatic hydroxyl groups excluding tert-OH is 1. The SMILES string of the molecule is CC(O)C(=O)C[C@@H]1C[C@H](C)CN(c2ccc(C(F)F)c3nccnc23)C1. The summed E-state index contributed by atoms with van der Waals surface area (Å²) in [6.07, 6.45) is 0.562. The quantitative estimate of drug-likeness (QED) is 0.882. The van der Waals surface area contributed by atoms with Crippen LogP contribution in [0.1, 0.15) is 38.7 Å². The van der Waals surface area contributed by atoms with Gasteiger partial charge < -0.3 is 10.0 Å². The third kappa shape index (κ3) is 3.82. The monoisotopic (exact) mass is 363 g/mol. The molecule has 1 fully saturated rings. The van der Waals surface area contributed by atoms with Gasteiger partial charge in [0.1, 0.15) is 11.6 Å². The van der Waals surface area contributed by atoms with Crippen molar-refractivity contribution in [2.45, 2.75) is 39.2 Å². The highest BCUT2D eigenvalue weighted by molar-refractivity contribution is 5.90. The van der Waals surface area contributed by atoms with Crippen LogP contribution in [0, 0.1) is 11.8 Å². The number of halogens is 2. The molecule has 26 heavy (non-hydrogen) atoms. The van der Waals surface area contributed by atoms with Gasteiger partial charge >= 0.3 is 0 Å². The van der Waals surface area contributed by atoms with Gasteiger partial charge in [-0.15, -0.1) is 0 Å². The highest BCUT2D eigenvalue weighted by Gasteiger charge is 2.29. The summed E-state index contributed by atoms with van der Waals surface area (Å²) in [5, 5.41) is 9.47. The van der Waals surface area contributed by atoms with E-state index >= 15 is 0 Å². The number of aliphatic hydroxyl groups is 1. The highest BCUT2D eigenvalue weighted by Crippen LogP contribution is 2.35. The number of carbonyl (C=O) groups is 1. The summed E-state index contributed by atoms with van der Waals surface area (Å²) >= 11 is 0. The lowest BCUT2D eigenvalue weighted by Gasteiger charge is -2.38. The first-order chi connectivity index (χ1) is 12.4. The number of fused-ring (bicyclic) bond motifs is 1. The first-order valence-corrected chi connectivity index (χ1v) is 8.84. The molecule has 3 atom stereocenters. The fourth-order valence-corrected chi connectivity index (χ4v) is 3.77. The van der Waals surface area contributed by atoms with E-state index in [1.807, 2.05) is 0 Å². The summed E-state index contributed by atoms with van der Waals surface area (Å²) in [6, 6.07) is 3.08. The van der Waals surface area contributed by atoms with E-state index in [4.69, 9.17) is 0 Å². The number of carbonyl (C=O) groups excluding carboxylic acids is 1. The Balaban J connectivity index is 1.93. The normalized spacial score (nSPS) is 22.0. The van der Waals surface area contributed by atoms with Crippen LogP contribution < -0.4 is 4.90 Å². The molecule has 0 bridgehead atoms. The number of hydrogen-bond acceptors (Lipinski definition) is 5. The van der Waals surface area contributed by atoms with Crippen molar-refractivity contribution in [3.63, 3.8) is 0 Å². The van der Waals surface area contributed by atoms with Crippen LogP contribution in [0.3, 0.4) is 0 Å². The average molecular weight is 363 g/mol. The summed E-state index contributed by atoms with van der Waals surface area (Å²) in [5.41, 5.74) is 1.32. The predicted molar refractivity (Wildman–Crippen MR) is 95.3 cm³/mol. The second kappa shape index (κ2) is 7.61. The van der Waals surface area contributed by atoms with E-state index in [1.165, 1.54) is 25.4 Å². The maximum Gasteiger partial charge on any atom is 0.266 e. The topological polar surface area (TPSA) is 66.3 Å². The first kappa shape index (κ1) is 18.6. The van der Waals surface area contributed by atoms with Crippen LogP contribution in [0.2, 0.25) is 0 Å². The molecule has 0 spiro atoms. The molecule has 1 aliphatic rings. The van der Waals surface area contributed by atoms with Crippen molar-refractivity contribution in [1.29, 1.82) is 0 Å². The Morgan fingerprint density at radius 3 is 2.62 bits per heavy atom. The highest BCUT2D eigenvalue weighted by atomic mass is 19.3. The van der Waals surface area contributed by atoms with Gasteiger partial charge in [-0.25, -0.2) is 8.78 Å². The van der Waals surface area contributed by atoms with E-state index < -0.39 is 12.5 Å². The third-order valence-electron chi connectivity index (χ3n) is 4.91. The van der Waals surface area contributed by atoms with E-state index in [-0.39, 0.29) is 22.8 Å². The van der Waals surface area contributed by atoms with Crippen molar-refractivity contribution in [2.75, 3.05) is 18.0 Å². The molecule has 1 aromatic heterocycles. The lowest BCUT2D eigenvalue weighted by atomic mass is 9.86. The van der Waals surface area contributed by atoms with Crippen LogP contribution >= 0.6 is 0 Å². The third-order valence-corrected chi connectivity index (χ3v) is 4.91. The summed E-state index contributed by atoms with van der Waals surface area (Å²) in [4.78, 5) is 22.4. The number of hydrogen-bond donors (Lipinski definition) is 1. The van der Waals surface area contributed by atoms with Gasteiger partial charge in [0.2, 0.25) is 0 Å². The molecule has 140 valence electrons. The second-order valence-corrected chi connectivity index (χ2v) is 7.19. The summed E-state index contributed by atoms with van der Waals surface area (Å²) in [7, 11) is 0. The Labute approximate surface area is 151 Å². The molecule has 0 radical (unpaired) electrons. The Bertz CT molecular complexity index is 797. The van der Waals surface area contributed by atoms with Crippen molar-refractivity contribution < 1.29 is 18.7 Å². The largest absolute Gasteiger partial charge is 0.386 e. The number of piperidine rings is 1. The van der Waals surface area contributed by atoms with Gasteiger partial charge in [-0.3, -0.25) is 14.8 Å². The predicted octanol–water partition coefficient (Wildman–Crippen LogP) is 3.37. The van der Waals surface area contributed by atoms with Crippen molar-refractivity contribution in [2.24, 2.45) is 11.8 Å². The molecule has 1 N–H and O–H groups in total. The molecule has 2 aromatic rings. The lowest BCUT2D eigenvalue weighted by Crippen LogP contribution is -2.41. The van der Waals surface area contributed by atoms with Crippen LogP contribution in [0.25, 0.3) is 11.0 Å². The number of alkyl halides is 2. The number of nitrogens with zero attached hydrogens (tertiary/aromatic N) is 3. The average Bonchev–Trinajstić information content (AvgIpc) is 2.59. The summed E-state index contributed by atoms with van der Waals surface area (Å²) < 4.78 is 26.5.